The fraction of sp³-hybridized carbons (Fsp3) is 0.0169. The predicted molar refractivity (Wildman–Crippen MR) is 267 cm³/mol. The number of para-hydroxylation sites is 2. The maximum absolute atomic E-state index is 5.30. The van der Waals surface area contributed by atoms with E-state index in [1.54, 1.807) is 0 Å². The highest BCUT2D eigenvalue weighted by Gasteiger charge is 2.23. The Morgan fingerprint density at radius 2 is 0.812 bits per heavy atom. The minimum Gasteiger partial charge on any atom is -0.324 e. The summed E-state index contributed by atoms with van der Waals surface area (Å²) in [4.78, 5) is 10.5. The second-order valence-electron chi connectivity index (χ2n) is 16.6. The van der Waals surface area contributed by atoms with Crippen LogP contribution in [0, 0.1) is 0 Å². The van der Waals surface area contributed by atoms with Crippen LogP contribution in [0.25, 0.3) is 87.7 Å². The van der Waals surface area contributed by atoms with Gasteiger partial charge >= 0.3 is 0 Å². The van der Waals surface area contributed by atoms with Crippen LogP contribution in [0.3, 0.4) is 0 Å². The molecular formula is C59H39N5. The first-order valence-corrected chi connectivity index (χ1v) is 21.8. The highest BCUT2D eigenvalue weighted by Crippen LogP contribution is 2.41. The Balaban J connectivity index is 0.874. The zero-order valence-electron chi connectivity index (χ0n) is 34.7. The van der Waals surface area contributed by atoms with E-state index >= 15 is 0 Å². The molecule has 12 aromatic rings. The first kappa shape index (κ1) is 36.1. The van der Waals surface area contributed by atoms with Gasteiger partial charge in [-0.1, -0.05) is 176 Å². The number of amidine groups is 2. The summed E-state index contributed by atoms with van der Waals surface area (Å²) in [5.41, 5.74) is 12.3. The van der Waals surface area contributed by atoms with Gasteiger partial charge in [-0.15, -0.1) is 0 Å². The summed E-state index contributed by atoms with van der Waals surface area (Å²) in [5, 5.41) is 13.7. The van der Waals surface area contributed by atoms with Crippen molar-refractivity contribution >= 4 is 76.8 Å². The SMILES string of the molecule is c1ccc(C2=NC(c3ccc(-c4ccc(-n5c6ccc7ccccc7c6c6c7ccccc7ccc65)cc4)cc3)N=C(c3ccc4c5ccccc5n(-c5ccccc5)c4c3)N2)cc1. The Morgan fingerprint density at radius 3 is 1.47 bits per heavy atom. The zero-order chi connectivity index (χ0) is 42.1. The van der Waals surface area contributed by atoms with Crippen LogP contribution in [0.15, 0.2) is 234 Å². The number of fused-ring (bicyclic) bond motifs is 10. The van der Waals surface area contributed by atoms with E-state index in [1.807, 2.05) is 6.07 Å². The molecule has 0 amide bonds. The van der Waals surface area contributed by atoms with E-state index in [1.165, 1.54) is 59.6 Å². The lowest BCUT2D eigenvalue weighted by Crippen LogP contribution is -2.36. The fourth-order valence-electron chi connectivity index (χ4n) is 9.94. The summed E-state index contributed by atoms with van der Waals surface area (Å²) >= 11 is 0. The number of rotatable bonds is 6. The number of nitrogens with zero attached hydrogens (tertiary/aromatic N) is 4. The molecule has 1 aliphatic rings. The van der Waals surface area contributed by atoms with E-state index in [2.05, 4.69) is 233 Å². The highest BCUT2D eigenvalue weighted by molar-refractivity contribution is 6.28. The van der Waals surface area contributed by atoms with Gasteiger partial charge in [-0.3, -0.25) is 0 Å². The summed E-state index contributed by atoms with van der Waals surface area (Å²) in [7, 11) is 0. The molecule has 13 rings (SSSR count). The maximum atomic E-state index is 5.30. The number of benzene rings is 10. The van der Waals surface area contributed by atoms with E-state index in [9.17, 15) is 0 Å². The number of hydrogen-bond acceptors (Lipinski definition) is 3. The minimum atomic E-state index is -0.430. The Labute approximate surface area is 369 Å². The Morgan fingerprint density at radius 1 is 0.328 bits per heavy atom. The largest absolute Gasteiger partial charge is 0.324 e. The van der Waals surface area contributed by atoms with Gasteiger partial charge in [-0.05, 0) is 86.8 Å². The van der Waals surface area contributed by atoms with E-state index in [-0.39, 0.29) is 0 Å². The molecule has 0 aliphatic carbocycles. The van der Waals surface area contributed by atoms with Crippen molar-refractivity contribution in [2.75, 3.05) is 0 Å². The van der Waals surface area contributed by atoms with Crippen molar-refractivity contribution in [1.82, 2.24) is 14.5 Å². The molecule has 0 bridgehead atoms. The molecule has 5 heteroatoms. The van der Waals surface area contributed by atoms with Crippen LogP contribution in [0.4, 0.5) is 0 Å². The molecule has 5 nitrogen and oxygen atoms in total. The smallest absolute Gasteiger partial charge is 0.169 e. The molecule has 10 aromatic carbocycles. The van der Waals surface area contributed by atoms with E-state index in [0.717, 1.165) is 56.4 Å². The normalized spacial score (nSPS) is 14.1. The van der Waals surface area contributed by atoms with Crippen molar-refractivity contribution in [3.05, 3.63) is 241 Å². The Hall–Kier alpha value is -8.54. The van der Waals surface area contributed by atoms with Crippen molar-refractivity contribution in [2.45, 2.75) is 6.17 Å². The average Bonchev–Trinajstić information content (AvgIpc) is 3.90. The number of aromatic nitrogens is 2. The average molecular weight is 818 g/mol. The molecule has 0 fully saturated rings. The van der Waals surface area contributed by atoms with Crippen molar-refractivity contribution in [2.24, 2.45) is 9.98 Å². The molecule has 1 atom stereocenters. The third kappa shape index (κ3) is 5.79. The fourth-order valence-corrected chi connectivity index (χ4v) is 9.94. The second kappa shape index (κ2) is 14.5. The molecule has 2 aromatic heterocycles. The Kier molecular flexibility index (Phi) is 8.21. The van der Waals surface area contributed by atoms with Gasteiger partial charge in [0.15, 0.2) is 6.17 Å². The van der Waals surface area contributed by atoms with Crippen LogP contribution >= 0.6 is 0 Å². The summed E-state index contributed by atoms with van der Waals surface area (Å²) in [6.45, 7) is 0. The molecule has 64 heavy (non-hydrogen) atoms. The standard InChI is InChI=1S/C59H39N5/c1-3-15-42(16-4-1)57-60-58(62-59(61-57)44-29-34-50-49-21-11-12-22-51(49)63(54(50)37-44)45-17-5-2-6-18-45)43-25-23-38(24-26-43)39-27-32-46(33-28-39)64-52-35-30-40-13-7-9-19-47(40)55(52)56-48-20-10-8-14-41(48)31-36-53(56)64/h1-37,58H,(H,60,61,62). The van der Waals surface area contributed by atoms with E-state index in [4.69, 9.17) is 9.98 Å². The topological polar surface area (TPSA) is 46.6 Å². The molecule has 1 unspecified atom stereocenters. The third-order valence-corrected chi connectivity index (χ3v) is 13.0. The molecule has 3 heterocycles. The van der Waals surface area contributed by atoms with Gasteiger partial charge in [0.05, 0.1) is 22.1 Å². The maximum Gasteiger partial charge on any atom is 0.169 e. The van der Waals surface area contributed by atoms with Crippen molar-refractivity contribution in [1.29, 1.82) is 0 Å². The van der Waals surface area contributed by atoms with Crippen molar-refractivity contribution < 1.29 is 0 Å². The van der Waals surface area contributed by atoms with Crippen LogP contribution in [-0.2, 0) is 0 Å². The monoisotopic (exact) mass is 817 g/mol. The summed E-state index contributed by atoms with van der Waals surface area (Å²) in [6, 6.07) is 80.4. The second-order valence-corrected chi connectivity index (χ2v) is 16.6. The zero-order valence-corrected chi connectivity index (χ0v) is 34.7. The van der Waals surface area contributed by atoms with E-state index in [0.29, 0.717) is 0 Å². The number of hydrogen-bond donors (Lipinski definition) is 1. The lowest BCUT2D eigenvalue weighted by molar-refractivity contribution is 0.756. The summed E-state index contributed by atoms with van der Waals surface area (Å²) in [5.74, 6) is 1.58. The quantitative estimate of drug-likeness (QED) is 0.178. The minimum absolute atomic E-state index is 0.430. The lowest BCUT2D eigenvalue weighted by atomic mass is 10.00. The molecular weight excluding hydrogens is 779 g/mol. The number of nitrogens with one attached hydrogen (secondary N) is 1. The van der Waals surface area contributed by atoms with Gasteiger partial charge in [-0.2, -0.15) is 0 Å². The Bertz CT molecular complexity index is 3750. The van der Waals surface area contributed by atoms with Gasteiger partial charge in [0.25, 0.3) is 0 Å². The summed E-state index contributed by atoms with van der Waals surface area (Å²) in [6.07, 6.45) is -0.430. The van der Waals surface area contributed by atoms with E-state index < -0.39 is 6.17 Å². The van der Waals surface area contributed by atoms with Crippen LogP contribution in [0.2, 0.25) is 0 Å². The highest BCUT2D eigenvalue weighted by atomic mass is 15.2. The third-order valence-electron chi connectivity index (χ3n) is 13.0. The molecule has 1 aliphatic heterocycles. The number of aliphatic imine (C=N–C) groups is 2. The first-order chi connectivity index (χ1) is 31.7. The van der Waals surface area contributed by atoms with Crippen LogP contribution in [0.1, 0.15) is 22.9 Å². The van der Waals surface area contributed by atoms with Crippen LogP contribution < -0.4 is 5.32 Å². The van der Waals surface area contributed by atoms with Gasteiger partial charge in [0, 0.05) is 44.0 Å². The molecule has 0 radical (unpaired) electrons. The van der Waals surface area contributed by atoms with Gasteiger partial charge in [0.1, 0.15) is 11.7 Å². The van der Waals surface area contributed by atoms with Crippen molar-refractivity contribution in [3.8, 4) is 22.5 Å². The molecule has 300 valence electrons. The van der Waals surface area contributed by atoms with Gasteiger partial charge in [0.2, 0.25) is 0 Å². The molecule has 1 N–H and O–H groups in total. The summed E-state index contributed by atoms with van der Waals surface area (Å²) < 4.78 is 4.77. The first-order valence-electron chi connectivity index (χ1n) is 21.8. The predicted octanol–water partition coefficient (Wildman–Crippen LogP) is 14.3. The van der Waals surface area contributed by atoms with Gasteiger partial charge < -0.3 is 14.5 Å². The molecule has 0 saturated carbocycles. The van der Waals surface area contributed by atoms with Crippen molar-refractivity contribution in [3.63, 3.8) is 0 Å². The lowest BCUT2D eigenvalue weighted by Gasteiger charge is -2.22. The molecule has 0 spiro atoms. The van der Waals surface area contributed by atoms with Crippen LogP contribution in [0.5, 0.6) is 0 Å². The molecule has 0 saturated heterocycles. The van der Waals surface area contributed by atoms with Gasteiger partial charge in [-0.25, -0.2) is 9.98 Å². The van der Waals surface area contributed by atoms with Crippen LogP contribution in [-0.4, -0.2) is 20.8 Å².